The molecule has 5 rings (SSSR count). The van der Waals surface area contributed by atoms with Gasteiger partial charge in [0.05, 0.1) is 11.9 Å². The van der Waals surface area contributed by atoms with Gasteiger partial charge >= 0.3 is 0 Å². The van der Waals surface area contributed by atoms with Crippen molar-refractivity contribution in [1.82, 2.24) is 10.3 Å². The molecule has 5 heteroatoms. The van der Waals surface area contributed by atoms with Gasteiger partial charge in [-0.2, -0.15) is 0 Å². The molecule has 4 aliphatic carbocycles. The number of hydrogen-bond acceptors (Lipinski definition) is 3. The van der Waals surface area contributed by atoms with Crippen LogP contribution in [0.3, 0.4) is 0 Å². The molecule has 0 radical (unpaired) electrons. The van der Waals surface area contributed by atoms with Gasteiger partial charge in [0, 0.05) is 5.54 Å². The molecular weight excluding hydrogens is 286 g/mol. The van der Waals surface area contributed by atoms with Gasteiger partial charge in [-0.05, 0) is 68.4 Å². The molecule has 0 aromatic carbocycles. The zero-order valence-electron chi connectivity index (χ0n) is 12.0. The van der Waals surface area contributed by atoms with Gasteiger partial charge in [0.2, 0.25) is 0 Å². The Labute approximate surface area is 131 Å². The Morgan fingerprint density at radius 2 is 1.71 bits per heavy atom. The van der Waals surface area contributed by atoms with Crippen molar-refractivity contribution in [3.05, 3.63) is 24.0 Å². The minimum absolute atomic E-state index is 0. The quantitative estimate of drug-likeness (QED) is 0.883. The third-order valence-electron chi connectivity index (χ3n) is 5.44. The zero-order valence-corrected chi connectivity index (χ0v) is 12.9. The molecule has 1 amide bonds. The van der Waals surface area contributed by atoms with Crippen LogP contribution in [0.5, 0.6) is 0 Å². The lowest BCUT2D eigenvalue weighted by Gasteiger charge is -2.56. The number of nitrogen functional groups attached to an aromatic ring is 1. The number of carbonyl (C=O) groups is 1. The number of hydrogen-bond donors (Lipinski definition) is 2. The first-order chi connectivity index (χ1) is 9.62. The Balaban J connectivity index is 0.00000132. The standard InChI is InChI=1S/C16H21N3O.ClH/c17-13-1-2-14(18-9-13)15(20)19-16-6-10-3-11(7-16)5-12(4-10)8-16;/h1-2,9-12H,3-8,17H2,(H,19,20);1H. The molecule has 21 heavy (non-hydrogen) atoms. The summed E-state index contributed by atoms with van der Waals surface area (Å²) in [5.74, 6) is 2.47. The van der Waals surface area contributed by atoms with E-state index in [0.717, 1.165) is 17.8 Å². The van der Waals surface area contributed by atoms with Crippen LogP contribution in [0.25, 0.3) is 0 Å². The normalized spacial score (nSPS) is 36.1. The predicted octanol–water partition coefficient (Wildman–Crippen LogP) is 2.78. The van der Waals surface area contributed by atoms with Gasteiger partial charge in [0.25, 0.3) is 5.91 Å². The summed E-state index contributed by atoms with van der Waals surface area (Å²) in [6.45, 7) is 0. The first kappa shape index (κ1) is 14.6. The van der Waals surface area contributed by atoms with E-state index in [0.29, 0.717) is 11.4 Å². The average molecular weight is 308 g/mol. The van der Waals surface area contributed by atoms with Gasteiger partial charge in [-0.1, -0.05) is 0 Å². The monoisotopic (exact) mass is 307 g/mol. The summed E-state index contributed by atoms with van der Waals surface area (Å²) in [4.78, 5) is 16.6. The molecule has 1 aromatic heterocycles. The van der Waals surface area contributed by atoms with Crippen LogP contribution < -0.4 is 11.1 Å². The van der Waals surface area contributed by atoms with E-state index >= 15 is 0 Å². The molecule has 4 saturated carbocycles. The van der Waals surface area contributed by atoms with E-state index in [1.165, 1.54) is 38.5 Å². The number of carbonyl (C=O) groups excluding carboxylic acids is 1. The van der Waals surface area contributed by atoms with Gasteiger partial charge in [-0.25, -0.2) is 4.98 Å². The van der Waals surface area contributed by atoms with E-state index in [9.17, 15) is 4.79 Å². The maximum Gasteiger partial charge on any atom is 0.270 e. The summed E-state index contributed by atoms with van der Waals surface area (Å²) in [6.07, 6.45) is 9.20. The second-order valence-corrected chi connectivity index (χ2v) is 7.13. The maximum atomic E-state index is 12.4. The van der Waals surface area contributed by atoms with Gasteiger partial charge in [0.15, 0.2) is 0 Å². The van der Waals surface area contributed by atoms with Gasteiger partial charge in [-0.15, -0.1) is 12.4 Å². The summed E-state index contributed by atoms with van der Waals surface area (Å²) in [5.41, 5.74) is 6.75. The van der Waals surface area contributed by atoms with E-state index in [1.54, 1.807) is 18.3 Å². The minimum Gasteiger partial charge on any atom is -0.397 e. The van der Waals surface area contributed by atoms with Crippen LogP contribution in [0.2, 0.25) is 0 Å². The third-order valence-corrected chi connectivity index (χ3v) is 5.44. The van der Waals surface area contributed by atoms with Crippen molar-refractivity contribution in [3.63, 3.8) is 0 Å². The number of nitrogens with one attached hydrogen (secondary N) is 1. The molecule has 4 aliphatic rings. The summed E-state index contributed by atoms with van der Waals surface area (Å²) in [7, 11) is 0. The summed E-state index contributed by atoms with van der Waals surface area (Å²) in [6, 6.07) is 3.45. The van der Waals surface area contributed by atoms with Crippen molar-refractivity contribution in [3.8, 4) is 0 Å². The number of amides is 1. The highest BCUT2D eigenvalue weighted by Crippen LogP contribution is 2.55. The molecule has 0 atom stereocenters. The Bertz CT molecular complexity index is 508. The molecule has 0 spiro atoms. The predicted molar refractivity (Wildman–Crippen MR) is 84.3 cm³/mol. The number of aromatic nitrogens is 1. The van der Waals surface area contributed by atoms with E-state index in [4.69, 9.17) is 5.73 Å². The van der Waals surface area contributed by atoms with Crippen LogP contribution in [-0.2, 0) is 0 Å². The SMILES string of the molecule is Cl.Nc1ccc(C(=O)NC23CC4CC(CC(C4)C2)C3)nc1. The maximum absolute atomic E-state index is 12.4. The summed E-state index contributed by atoms with van der Waals surface area (Å²) >= 11 is 0. The second kappa shape index (κ2) is 5.16. The molecular formula is C16H22ClN3O. The molecule has 1 aromatic rings. The van der Waals surface area contributed by atoms with Gasteiger partial charge < -0.3 is 11.1 Å². The van der Waals surface area contributed by atoms with Crippen molar-refractivity contribution in [2.24, 2.45) is 17.8 Å². The van der Waals surface area contributed by atoms with Gasteiger partial charge in [-0.3, -0.25) is 4.79 Å². The van der Waals surface area contributed by atoms with Crippen LogP contribution >= 0.6 is 12.4 Å². The number of anilines is 1. The molecule has 0 unspecified atom stereocenters. The molecule has 4 bridgehead atoms. The van der Waals surface area contributed by atoms with Crippen molar-refractivity contribution in [2.45, 2.75) is 44.1 Å². The van der Waals surface area contributed by atoms with E-state index < -0.39 is 0 Å². The van der Waals surface area contributed by atoms with Gasteiger partial charge in [0.1, 0.15) is 5.69 Å². The van der Waals surface area contributed by atoms with Crippen molar-refractivity contribution >= 4 is 24.0 Å². The molecule has 1 heterocycles. The Morgan fingerprint density at radius 1 is 1.14 bits per heavy atom. The van der Waals surface area contributed by atoms with Crippen LogP contribution in [-0.4, -0.2) is 16.4 Å². The number of nitrogens with zero attached hydrogens (tertiary/aromatic N) is 1. The fraction of sp³-hybridized carbons (Fsp3) is 0.625. The first-order valence-electron chi connectivity index (χ1n) is 7.66. The largest absolute Gasteiger partial charge is 0.397 e. The summed E-state index contributed by atoms with van der Waals surface area (Å²) < 4.78 is 0. The third kappa shape index (κ3) is 2.61. The van der Waals surface area contributed by atoms with Crippen LogP contribution in [0.4, 0.5) is 5.69 Å². The van der Waals surface area contributed by atoms with Crippen LogP contribution in [0, 0.1) is 17.8 Å². The van der Waals surface area contributed by atoms with Crippen molar-refractivity contribution in [1.29, 1.82) is 0 Å². The molecule has 114 valence electrons. The smallest absolute Gasteiger partial charge is 0.270 e. The molecule has 0 saturated heterocycles. The average Bonchev–Trinajstić information content (AvgIpc) is 2.37. The number of pyridine rings is 1. The first-order valence-corrected chi connectivity index (χ1v) is 7.66. The Kier molecular flexibility index (Phi) is 3.60. The Morgan fingerprint density at radius 3 is 2.19 bits per heavy atom. The number of nitrogens with two attached hydrogens (primary N) is 1. The van der Waals surface area contributed by atoms with Crippen LogP contribution in [0.1, 0.15) is 49.0 Å². The van der Waals surface area contributed by atoms with E-state index in [2.05, 4.69) is 10.3 Å². The lowest BCUT2D eigenvalue weighted by atomic mass is 9.53. The van der Waals surface area contributed by atoms with E-state index in [-0.39, 0.29) is 23.9 Å². The molecule has 4 fully saturated rings. The second-order valence-electron chi connectivity index (χ2n) is 7.13. The highest BCUT2D eigenvalue weighted by molar-refractivity contribution is 5.93. The molecule has 0 aliphatic heterocycles. The Hall–Kier alpha value is -1.29. The highest BCUT2D eigenvalue weighted by atomic mass is 35.5. The van der Waals surface area contributed by atoms with E-state index in [1.807, 2.05) is 0 Å². The van der Waals surface area contributed by atoms with Crippen LogP contribution in [0.15, 0.2) is 18.3 Å². The molecule has 4 nitrogen and oxygen atoms in total. The van der Waals surface area contributed by atoms with Crippen molar-refractivity contribution < 1.29 is 4.79 Å². The lowest BCUT2D eigenvalue weighted by Crippen LogP contribution is -2.59. The summed E-state index contributed by atoms with van der Waals surface area (Å²) in [5, 5.41) is 3.32. The topological polar surface area (TPSA) is 68.0 Å². The minimum atomic E-state index is -0.0352. The number of halogens is 1. The zero-order chi connectivity index (χ0) is 13.7. The molecule has 3 N–H and O–H groups in total. The lowest BCUT2D eigenvalue weighted by molar-refractivity contribution is -0.0167. The number of rotatable bonds is 2. The fourth-order valence-corrected chi connectivity index (χ4v) is 5.11. The highest BCUT2D eigenvalue weighted by Gasteiger charge is 2.51. The fourth-order valence-electron chi connectivity index (χ4n) is 5.11. The van der Waals surface area contributed by atoms with Crippen molar-refractivity contribution in [2.75, 3.05) is 5.73 Å².